The van der Waals surface area contributed by atoms with E-state index in [0.29, 0.717) is 19.4 Å². The number of benzene rings is 1. The fourth-order valence-corrected chi connectivity index (χ4v) is 5.13. The second kappa shape index (κ2) is 6.97. The van der Waals surface area contributed by atoms with Crippen LogP contribution in [0.5, 0.6) is 0 Å². The third kappa shape index (κ3) is 3.64. The smallest absolute Gasteiger partial charge is 0.227 e. The Morgan fingerprint density at radius 3 is 2.83 bits per heavy atom. The molecular formula is C18H24N2O3S. The van der Waals surface area contributed by atoms with Crippen LogP contribution in [0.25, 0.3) is 10.9 Å². The number of rotatable bonds is 6. The minimum absolute atomic E-state index is 0.0234. The van der Waals surface area contributed by atoms with E-state index >= 15 is 0 Å². The molecule has 6 heteroatoms. The van der Waals surface area contributed by atoms with Crippen molar-refractivity contribution in [3.8, 4) is 0 Å². The summed E-state index contributed by atoms with van der Waals surface area (Å²) < 4.78 is 23.6. The maximum absolute atomic E-state index is 12.9. The SMILES string of the molecule is CCCCN(C(=O)Cc1c[nH]c2ccccc12)C1CCS(=O)(=O)C1. The van der Waals surface area contributed by atoms with Gasteiger partial charge >= 0.3 is 0 Å². The van der Waals surface area contributed by atoms with Crippen molar-refractivity contribution < 1.29 is 13.2 Å². The average Bonchev–Trinajstić information content (AvgIpc) is 3.12. The van der Waals surface area contributed by atoms with E-state index < -0.39 is 9.84 Å². The van der Waals surface area contributed by atoms with Gasteiger partial charge in [0.05, 0.1) is 17.9 Å². The maximum Gasteiger partial charge on any atom is 0.227 e. The molecule has 1 aliphatic rings. The summed E-state index contributed by atoms with van der Waals surface area (Å²) in [7, 11) is -3.00. The number of sulfone groups is 1. The van der Waals surface area contributed by atoms with Gasteiger partial charge in [0.25, 0.3) is 0 Å². The lowest BCUT2D eigenvalue weighted by molar-refractivity contribution is -0.132. The van der Waals surface area contributed by atoms with Crippen molar-refractivity contribution in [2.75, 3.05) is 18.1 Å². The number of nitrogens with zero attached hydrogens (tertiary/aromatic N) is 1. The summed E-state index contributed by atoms with van der Waals surface area (Å²) >= 11 is 0. The van der Waals surface area contributed by atoms with Gasteiger partial charge < -0.3 is 9.88 Å². The number of hydrogen-bond donors (Lipinski definition) is 1. The lowest BCUT2D eigenvalue weighted by Gasteiger charge is -2.28. The molecule has 0 spiro atoms. The molecule has 1 aliphatic heterocycles. The standard InChI is InChI=1S/C18H24N2O3S/c1-2-3-9-20(15-8-10-24(22,23)13-15)18(21)11-14-12-19-17-7-5-4-6-16(14)17/h4-7,12,15,19H,2-3,8-11,13H2,1H3. The molecule has 130 valence electrons. The van der Waals surface area contributed by atoms with E-state index in [4.69, 9.17) is 0 Å². The lowest BCUT2D eigenvalue weighted by atomic mass is 10.1. The number of unbranched alkanes of at least 4 members (excludes halogenated alkanes) is 1. The molecule has 1 fully saturated rings. The van der Waals surface area contributed by atoms with Crippen molar-refractivity contribution in [1.29, 1.82) is 0 Å². The van der Waals surface area contributed by atoms with Gasteiger partial charge in [0.15, 0.2) is 9.84 Å². The number of hydrogen-bond acceptors (Lipinski definition) is 3. The van der Waals surface area contributed by atoms with Crippen LogP contribution in [0.4, 0.5) is 0 Å². The number of H-pyrrole nitrogens is 1. The normalized spacial score (nSPS) is 19.6. The second-order valence-electron chi connectivity index (χ2n) is 6.53. The first-order valence-corrected chi connectivity index (χ1v) is 10.4. The Labute approximate surface area is 143 Å². The fourth-order valence-electron chi connectivity index (χ4n) is 3.40. The molecule has 0 radical (unpaired) electrons. The zero-order chi connectivity index (χ0) is 17.2. The van der Waals surface area contributed by atoms with Gasteiger partial charge in [-0.25, -0.2) is 8.42 Å². The molecule has 1 N–H and O–H groups in total. The number of carbonyl (C=O) groups excluding carboxylic acids is 1. The zero-order valence-corrected chi connectivity index (χ0v) is 14.8. The first kappa shape index (κ1) is 17.0. The Morgan fingerprint density at radius 1 is 1.33 bits per heavy atom. The average molecular weight is 348 g/mol. The summed E-state index contributed by atoms with van der Waals surface area (Å²) in [4.78, 5) is 17.9. The fraction of sp³-hybridized carbons (Fsp3) is 0.500. The van der Waals surface area contributed by atoms with Crippen LogP contribution in [-0.2, 0) is 21.1 Å². The number of amides is 1. The quantitative estimate of drug-likeness (QED) is 0.872. The van der Waals surface area contributed by atoms with Crippen molar-refractivity contribution in [2.45, 2.75) is 38.6 Å². The molecule has 1 aromatic heterocycles. The van der Waals surface area contributed by atoms with Crippen molar-refractivity contribution >= 4 is 26.6 Å². The summed E-state index contributed by atoms with van der Waals surface area (Å²) in [6.07, 6.45) is 4.63. The summed E-state index contributed by atoms with van der Waals surface area (Å²) in [6.45, 7) is 2.71. The molecule has 1 aromatic carbocycles. The highest BCUT2D eigenvalue weighted by molar-refractivity contribution is 7.91. The maximum atomic E-state index is 12.9. The van der Waals surface area contributed by atoms with Gasteiger partial charge in [-0.3, -0.25) is 4.79 Å². The van der Waals surface area contributed by atoms with Gasteiger partial charge in [-0.05, 0) is 24.5 Å². The Balaban J connectivity index is 1.78. The molecule has 5 nitrogen and oxygen atoms in total. The van der Waals surface area contributed by atoms with Crippen LogP contribution in [0.15, 0.2) is 30.5 Å². The molecule has 1 amide bonds. The third-order valence-electron chi connectivity index (χ3n) is 4.74. The molecule has 3 rings (SSSR count). The summed E-state index contributed by atoms with van der Waals surface area (Å²) in [5, 5.41) is 1.06. The van der Waals surface area contributed by atoms with Gasteiger partial charge in [0, 0.05) is 29.7 Å². The van der Waals surface area contributed by atoms with Crippen LogP contribution in [0.1, 0.15) is 31.7 Å². The van der Waals surface area contributed by atoms with E-state index in [1.165, 1.54) is 0 Å². The minimum atomic E-state index is -3.00. The van der Waals surface area contributed by atoms with Gasteiger partial charge in [-0.15, -0.1) is 0 Å². The summed E-state index contributed by atoms with van der Waals surface area (Å²) in [6, 6.07) is 7.75. The van der Waals surface area contributed by atoms with Crippen LogP contribution >= 0.6 is 0 Å². The molecule has 1 atom stereocenters. The van der Waals surface area contributed by atoms with E-state index in [0.717, 1.165) is 29.3 Å². The monoisotopic (exact) mass is 348 g/mol. The Hall–Kier alpha value is -1.82. The highest BCUT2D eigenvalue weighted by atomic mass is 32.2. The molecule has 2 aromatic rings. The summed E-state index contributed by atoms with van der Waals surface area (Å²) in [5.41, 5.74) is 1.99. The second-order valence-corrected chi connectivity index (χ2v) is 8.76. The molecule has 1 unspecified atom stereocenters. The van der Waals surface area contributed by atoms with Crippen molar-refractivity contribution in [3.05, 3.63) is 36.0 Å². The van der Waals surface area contributed by atoms with Crippen molar-refractivity contribution in [1.82, 2.24) is 9.88 Å². The molecule has 1 saturated heterocycles. The van der Waals surface area contributed by atoms with Crippen LogP contribution in [0.3, 0.4) is 0 Å². The number of carbonyl (C=O) groups is 1. The molecule has 0 bridgehead atoms. The van der Waals surface area contributed by atoms with E-state index in [-0.39, 0.29) is 23.5 Å². The predicted molar refractivity (Wildman–Crippen MR) is 95.7 cm³/mol. The number of fused-ring (bicyclic) bond motifs is 1. The highest BCUT2D eigenvalue weighted by Gasteiger charge is 2.34. The van der Waals surface area contributed by atoms with Gasteiger partial charge in [0.1, 0.15) is 0 Å². The van der Waals surface area contributed by atoms with Gasteiger partial charge in [-0.2, -0.15) is 0 Å². The van der Waals surface area contributed by atoms with Crippen LogP contribution in [0, 0.1) is 0 Å². The van der Waals surface area contributed by atoms with E-state index in [1.807, 2.05) is 30.5 Å². The topological polar surface area (TPSA) is 70.2 Å². The van der Waals surface area contributed by atoms with Gasteiger partial charge in [0.2, 0.25) is 5.91 Å². The number of aromatic amines is 1. The number of aromatic nitrogens is 1. The number of nitrogens with one attached hydrogen (secondary N) is 1. The third-order valence-corrected chi connectivity index (χ3v) is 6.49. The zero-order valence-electron chi connectivity index (χ0n) is 14.0. The highest BCUT2D eigenvalue weighted by Crippen LogP contribution is 2.22. The number of para-hydroxylation sites is 1. The first-order chi connectivity index (χ1) is 11.5. The predicted octanol–water partition coefficient (Wildman–Crippen LogP) is 2.53. The van der Waals surface area contributed by atoms with Crippen molar-refractivity contribution in [3.63, 3.8) is 0 Å². The molecule has 0 saturated carbocycles. The van der Waals surface area contributed by atoms with Crippen LogP contribution < -0.4 is 0 Å². The minimum Gasteiger partial charge on any atom is -0.361 e. The van der Waals surface area contributed by atoms with E-state index in [2.05, 4.69) is 11.9 Å². The molecule has 0 aliphatic carbocycles. The lowest BCUT2D eigenvalue weighted by Crippen LogP contribution is -2.42. The molecule has 24 heavy (non-hydrogen) atoms. The van der Waals surface area contributed by atoms with E-state index in [1.54, 1.807) is 4.90 Å². The first-order valence-electron chi connectivity index (χ1n) is 8.55. The van der Waals surface area contributed by atoms with Crippen LogP contribution in [0.2, 0.25) is 0 Å². The summed E-state index contributed by atoms with van der Waals surface area (Å²) in [5.74, 6) is 0.326. The largest absolute Gasteiger partial charge is 0.361 e. The van der Waals surface area contributed by atoms with Gasteiger partial charge in [-0.1, -0.05) is 31.5 Å². The van der Waals surface area contributed by atoms with Crippen molar-refractivity contribution in [2.24, 2.45) is 0 Å². The Kier molecular flexibility index (Phi) is 4.94. The Morgan fingerprint density at radius 2 is 2.12 bits per heavy atom. The molecule has 2 heterocycles. The Bertz CT molecular complexity index is 826. The van der Waals surface area contributed by atoms with Crippen LogP contribution in [-0.4, -0.2) is 48.3 Å². The van der Waals surface area contributed by atoms with E-state index in [9.17, 15) is 13.2 Å². The molecular weight excluding hydrogens is 324 g/mol.